The second kappa shape index (κ2) is 10.3. The molecule has 0 bridgehead atoms. The molecule has 6 heteroatoms. The minimum Gasteiger partial charge on any atom is -0.489 e. The first-order valence-electron chi connectivity index (χ1n) is 11.2. The predicted molar refractivity (Wildman–Crippen MR) is 131 cm³/mol. The molecular formula is C27H29N3O3. The largest absolute Gasteiger partial charge is 0.489 e. The highest BCUT2D eigenvalue weighted by atomic mass is 16.5. The Morgan fingerprint density at radius 1 is 1.15 bits per heavy atom. The van der Waals surface area contributed by atoms with Gasteiger partial charge in [0.05, 0.1) is 5.92 Å². The summed E-state index contributed by atoms with van der Waals surface area (Å²) in [4.78, 5) is 12.9. The molecule has 1 fully saturated rings. The Kier molecular flexibility index (Phi) is 7.05. The van der Waals surface area contributed by atoms with Crippen LogP contribution < -0.4 is 15.8 Å². The fourth-order valence-corrected chi connectivity index (χ4v) is 4.11. The van der Waals surface area contributed by atoms with Gasteiger partial charge in [0.25, 0.3) is 0 Å². The summed E-state index contributed by atoms with van der Waals surface area (Å²) in [6.45, 7) is 5.64. The lowest BCUT2D eigenvalue weighted by molar-refractivity contribution is -0.144. The normalized spacial score (nSPS) is 16.3. The molecule has 3 aromatic rings. The van der Waals surface area contributed by atoms with Gasteiger partial charge in [0.1, 0.15) is 24.3 Å². The number of nitrogens with one attached hydrogen (secondary N) is 2. The quantitative estimate of drug-likeness (QED) is 0.202. The van der Waals surface area contributed by atoms with E-state index in [1.165, 1.54) is 0 Å². The summed E-state index contributed by atoms with van der Waals surface area (Å²) in [7, 11) is 0. The van der Waals surface area contributed by atoms with Crippen LogP contribution in [-0.4, -0.2) is 37.6 Å². The fraction of sp³-hybridized carbons (Fsp3) is 0.259. The summed E-state index contributed by atoms with van der Waals surface area (Å²) >= 11 is 0. The van der Waals surface area contributed by atoms with Crippen LogP contribution in [0.5, 0.6) is 5.75 Å². The predicted octanol–water partition coefficient (Wildman–Crippen LogP) is 3.92. The van der Waals surface area contributed by atoms with E-state index in [0.29, 0.717) is 12.0 Å². The van der Waals surface area contributed by atoms with Gasteiger partial charge in [-0.05, 0) is 59.5 Å². The lowest BCUT2D eigenvalue weighted by Crippen LogP contribution is -2.20. The molecule has 4 rings (SSSR count). The van der Waals surface area contributed by atoms with E-state index in [4.69, 9.17) is 20.6 Å². The monoisotopic (exact) mass is 443 g/mol. The van der Waals surface area contributed by atoms with Gasteiger partial charge in [0.15, 0.2) is 0 Å². The molecule has 0 aromatic heterocycles. The molecule has 1 aliphatic heterocycles. The fourth-order valence-electron chi connectivity index (χ4n) is 4.11. The van der Waals surface area contributed by atoms with E-state index in [-0.39, 0.29) is 24.5 Å². The van der Waals surface area contributed by atoms with E-state index in [9.17, 15) is 4.79 Å². The number of amidine groups is 1. The van der Waals surface area contributed by atoms with Crippen molar-refractivity contribution in [2.45, 2.75) is 24.9 Å². The smallest absolute Gasteiger partial charge is 0.314 e. The lowest BCUT2D eigenvalue weighted by atomic mass is 9.91. The average molecular weight is 444 g/mol. The van der Waals surface area contributed by atoms with E-state index in [1.807, 2.05) is 60.7 Å². The van der Waals surface area contributed by atoms with Crippen LogP contribution in [0.4, 0.5) is 0 Å². The minimum atomic E-state index is -0.458. The number of benzene rings is 3. The number of esters is 1. The number of nitrogen functional groups attached to an aromatic ring is 1. The molecule has 1 heterocycles. The van der Waals surface area contributed by atoms with Crippen LogP contribution >= 0.6 is 0 Å². The Hall–Kier alpha value is -3.64. The summed E-state index contributed by atoms with van der Waals surface area (Å²) in [6.07, 6.45) is 3.23. The zero-order chi connectivity index (χ0) is 23.2. The van der Waals surface area contributed by atoms with Crippen LogP contribution in [0.25, 0.3) is 10.8 Å². The topological polar surface area (TPSA) is 97.4 Å². The van der Waals surface area contributed by atoms with Crippen molar-refractivity contribution in [2.75, 3.05) is 19.7 Å². The third-order valence-electron chi connectivity index (χ3n) is 5.88. The highest BCUT2D eigenvalue weighted by molar-refractivity contribution is 5.99. The van der Waals surface area contributed by atoms with Crippen molar-refractivity contribution < 1.29 is 14.3 Å². The van der Waals surface area contributed by atoms with E-state index < -0.39 is 5.92 Å². The van der Waals surface area contributed by atoms with Crippen molar-refractivity contribution in [1.29, 1.82) is 5.41 Å². The molecule has 2 atom stereocenters. The standard InChI is InChI=1S/C27H29N3O3/c1-2-13-32-27(31)25(20-7-9-23(10-8-20)33-24-11-12-30-17-24)15-18-3-4-19-5-6-21(26(28)29)16-22(19)14-18/h2-10,14,16,24-25,30H,1,11-13,15,17H2,(H3,28,29)/t24-,25?/m0/s1. The Bertz CT molecular complexity index is 1150. The van der Waals surface area contributed by atoms with E-state index in [1.54, 1.807) is 6.08 Å². The maximum Gasteiger partial charge on any atom is 0.314 e. The van der Waals surface area contributed by atoms with Gasteiger partial charge in [0, 0.05) is 12.1 Å². The first-order chi connectivity index (χ1) is 16.0. The van der Waals surface area contributed by atoms with Crippen LogP contribution in [0.15, 0.2) is 73.3 Å². The number of fused-ring (bicyclic) bond motifs is 1. The molecule has 0 amide bonds. The Morgan fingerprint density at radius 3 is 2.64 bits per heavy atom. The number of carbonyl (C=O) groups is 1. The van der Waals surface area contributed by atoms with Crippen LogP contribution in [0.3, 0.4) is 0 Å². The zero-order valence-corrected chi connectivity index (χ0v) is 18.6. The summed E-state index contributed by atoms with van der Waals surface area (Å²) < 4.78 is 11.4. The summed E-state index contributed by atoms with van der Waals surface area (Å²) in [6, 6.07) is 19.5. The molecule has 170 valence electrons. The second-order valence-corrected chi connectivity index (χ2v) is 8.29. The number of carbonyl (C=O) groups excluding carboxylic acids is 1. The van der Waals surface area contributed by atoms with Gasteiger partial charge in [-0.1, -0.05) is 55.1 Å². The van der Waals surface area contributed by atoms with Gasteiger partial charge >= 0.3 is 5.97 Å². The summed E-state index contributed by atoms with van der Waals surface area (Å²) in [5, 5.41) is 13.0. The lowest BCUT2D eigenvalue weighted by Gasteiger charge is -2.18. The summed E-state index contributed by atoms with van der Waals surface area (Å²) in [5.41, 5.74) is 8.20. The molecular weight excluding hydrogens is 414 g/mol. The molecule has 0 saturated carbocycles. The van der Waals surface area contributed by atoms with E-state index in [2.05, 4.69) is 11.9 Å². The molecule has 33 heavy (non-hydrogen) atoms. The molecule has 1 saturated heterocycles. The molecule has 0 radical (unpaired) electrons. The third-order valence-corrected chi connectivity index (χ3v) is 5.88. The highest BCUT2D eigenvalue weighted by Crippen LogP contribution is 2.27. The second-order valence-electron chi connectivity index (χ2n) is 8.29. The van der Waals surface area contributed by atoms with Crippen molar-refractivity contribution in [1.82, 2.24) is 5.32 Å². The van der Waals surface area contributed by atoms with Gasteiger partial charge in [-0.15, -0.1) is 0 Å². The molecule has 6 nitrogen and oxygen atoms in total. The zero-order valence-electron chi connectivity index (χ0n) is 18.6. The molecule has 3 aromatic carbocycles. The number of rotatable bonds is 9. The van der Waals surface area contributed by atoms with Crippen LogP contribution in [0.2, 0.25) is 0 Å². The van der Waals surface area contributed by atoms with Crippen LogP contribution in [0, 0.1) is 5.41 Å². The Balaban J connectivity index is 1.58. The first-order valence-corrected chi connectivity index (χ1v) is 11.2. The van der Waals surface area contributed by atoms with Gasteiger partial charge < -0.3 is 20.5 Å². The van der Waals surface area contributed by atoms with Crippen molar-refractivity contribution in [3.05, 3.63) is 90.0 Å². The third kappa shape index (κ3) is 5.59. The Morgan fingerprint density at radius 2 is 1.94 bits per heavy atom. The van der Waals surface area contributed by atoms with Crippen molar-refractivity contribution >= 4 is 22.6 Å². The number of nitrogens with two attached hydrogens (primary N) is 1. The van der Waals surface area contributed by atoms with Gasteiger partial charge in [-0.3, -0.25) is 10.2 Å². The van der Waals surface area contributed by atoms with Crippen molar-refractivity contribution in [2.24, 2.45) is 5.73 Å². The van der Waals surface area contributed by atoms with Crippen LogP contribution in [-0.2, 0) is 16.0 Å². The maximum atomic E-state index is 12.9. The molecule has 1 aliphatic rings. The van der Waals surface area contributed by atoms with Gasteiger partial charge in [-0.25, -0.2) is 0 Å². The first kappa shape index (κ1) is 22.6. The average Bonchev–Trinajstić information content (AvgIpc) is 3.34. The molecule has 0 aliphatic carbocycles. The van der Waals surface area contributed by atoms with E-state index in [0.717, 1.165) is 47.2 Å². The molecule has 0 spiro atoms. The Labute approximate surface area is 193 Å². The number of hydrogen-bond donors (Lipinski definition) is 3. The molecule has 4 N–H and O–H groups in total. The summed E-state index contributed by atoms with van der Waals surface area (Å²) in [5.74, 6) is 0.0822. The number of hydrogen-bond acceptors (Lipinski definition) is 5. The van der Waals surface area contributed by atoms with Gasteiger partial charge in [0.2, 0.25) is 0 Å². The van der Waals surface area contributed by atoms with Gasteiger partial charge in [-0.2, -0.15) is 0 Å². The minimum absolute atomic E-state index is 0.0314. The van der Waals surface area contributed by atoms with Crippen LogP contribution in [0.1, 0.15) is 29.0 Å². The molecule has 1 unspecified atom stereocenters. The SMILES string of the molecule is C=CCOC(=O)C(Cc1ccc2ccc(C(=N)N)cc2c1)c1ccc(O[C@H]2CCNC2)cc1. The maximum absolute atomic E-state index is 12.9. The van der Waals surface area contributed by atoms with E-state index >= 15 is 0 Å². The number of ether oxygens (including phenoxy) is 2. The highest BCUT2D eigenvalue weighted by Gasteiger charge is 2.23. The van der Waals surface area contributed by atoms with Crippen molar-refractivity contribution in [3.8, 4) is 5.75 Å². The van der Waals surface area contributed by atoms with Crippen molar-refractivity contribution in [3.63, 3.8) is 0 Å².